The Kier molecular flexibility index (Phi) is 6.70. The Hall–Kier alpha value is -2.47. The van der Waals surface area contributed by atoms with Crippen molar-refractivity contribution in [2.75, 3.05) is 25.1 Å². The van der Waals surface area contributed by atoms with Gasteiger partial charge in [0.15, 0.2) is 0 Å². The van der Waals surface area contributed by atoms with Gasteiger partial charge in [0, 0.05) is 35.3 Å². The van der Waals surface area contributed by atoms with Crippen LogP contribution in [0.5, 0.6) is 0 Å². The monoisotopic (exact) mass is 467 g/mol. The molecule has 1 aliphatic rings. The van der Waals surface area contributed by atoms with E-state index in [0.29, 0.717) is 29.3 Å². The Balaban J connectivity index is 1.94. The van der Waals surface area contributed by atoms with Gasteiger partial charge >= 0.3 is 0 Å². The Labute approximate surface area is 186 Å². The van der Waals surface area contributed by atoms with Crippen molar-refractivity contribution >= 4 is 50.1 Å². The molecule has 2 heterocycles. The second-order valence-corrected chi connectivity index (χ2v) is 9.86. The van der Waals surface area contributed by atoms with Crippen molar-refractivity contribution in [3.63, 3.8) is 0 Å². The molecular formula is C19H26ClN7O3S. The molecule has 4 N–H and O–H groups in total. The van der Waals surface area contributed by atoms with Crippen molar-refractivity contribution < 1.29 is 13.2 Å². The summed E-state index contributed by atoms with van der Waals surface area (Å²) in [6.07, 6.45) is 3.80. The lowest BCUT2D eigenvalue weighted by Crippen LogP contribution is -2.51. The average Bonchev–Trinajstić information content (AvgIpc) is 3.23. The second kappa shape index (κ2) is 8.95. The number of carbonyl (C=O) groups excluding carboxylic acids is 1. The third-order valence-corrected chi connectivity index (χ3v) is 7.64. The maximum Gasteiger partial charge on any atom is 0.243 e. The van der Waals surface area contributed by atoms with Crippen LogP contribution in [0.3, 0.4) is 0 Å². The number of hydrogen-bond donors (Lipinski definition) is 3. The van der Waals surface area contributed by atoms with Crippen LogP contribution in [0.15, 0.2) is 35.5 Å². The molecule has 1 aromatic carbocycles. The van der Waals surface area contributed by atoms with Gasteiger partial charge in [0.25, 0.3) is 0 Å². The number of carbonyl (C=O) groups is 1. The first-order valence-electron chi connectivity index (χ1n) is 9.70. The minimum Gasteiger partial charge on any atom is -0.369 e. The first kappa shape index (κ1) is 23.2. The van der Waals surface area contributed by atoms with Crippen LogP contribution in [-0.4, -0.2) is 67.3 Å². The van der Waals surface area contributed by atoms with Crippen molar-refractivity contribution in [1.29, 1.82) is 5.41 Å². The molecule has 168 valence electrons. The fraction of sp³-hybridized carbons (Fsp3) is 0.421. The number of aromatic nitrogens is 1. The van der Waals surface area contributed by atoms with Gasteiger partial charge in [-0.25, -0.2) is 12.8 Å². The van der Waals surface area contributed by atoms with Crippen molar-refractivity contribution in [1.82, 2.24) is 19.5 Å². The number of rotatable bonds is 6. The summed E-state index contributed by atoms with van der Waals surface area (Å²) >= 11 is 6.04. The summed E-state index contributed by atoms with van der Waals surface area (Å²) in [4.78, 5) is 18.7. The Morgan fingerprint density at radius 1 is 1.39 bits per heavy atom. The number of sulfonamides is 1. The summed E-state index contributed by atoms with van der Waals surface area (Å²) in [7, 11) is -0.246. The molecule has 1 aliphatic heterocycles. The molecule has 1 aromatic heterocycles. The van der Waals surface area contributed by atoms with Crippen molar-refractivity contribution in [3.8, 4) is 0 Å². The Morgan fingerprint density at radius 3 is 2.74 bits per heavy atom. The minimum absolute atomic E-state index is 0.0586. The van der Waals surface area contributed by atoms with Crippen LogP contribution in [-0.2, 0) is 14.8 Å². The number of guanidine groups is 1. The molecule has 1 amide bonds. The van der Waals surface area contributed by atoms with E-state index in [-0.39, 0.29) is 29.5 Å². The lowest BCUT2D eigenvalue weighted by Gasteiger charge is -2.27. The SMILES string of the molecule is CC(NC(=O)[C@H]1CCCN1S(=O)(=O)c1ccc2c(N(Cl)C(=N)N)cncc2c1)N(C)C. The van der Waals surface area contributed by atoms with Crippen molar-refractivity contribution in [2.24, 2.45) is 5.73 Å². The third kappa shape index (κ3) is 4.59. The van der Waals surface area contributed by atoms with Crippen LogP contribution in [0.2, 0.25) is 0 Å². The number of nitrogens with one attached hydrogen (secondary N) is 2. The number of anilines is 1. The molecule has 1 saturated heterocycles. The molecular weight excluding hydrogens is 442 g/mol. The van der Waals surface area contributed by atoms with E-state index in [0.717, 1.165) is 4.42 Å². The topological polar surface area (TPSA) is 136 Å². The Bertz CT molecular complexity index is 1110. The van der Waals surface area contributed by atoms with E-state index < -0.39 is 16.1 Å². The largest absolute Gasteiger partial charge is 0.369 e. The smallest absolute Gasteiger partial charge is 0.243 e. The van der Waals surface area contributed by atoms with Crippen molar-refractivity contribution in [2.45, 2.75) is 36.9 Å². The molecule has 0 radical (unpaired) electrons. The number of nitrogens with zero attached hydrogens (tertiary/aromatic N) is 4. The van der Waals surface area contributed by atoms with Gasteiger partial charge in [0.1, 0.15) is 6.04 Å². The Morgan fingerprint density at radius 2 is 2.10 bits per heavy atom. The molecule has 3 rings (SSSR count). The first-order valence-corrected chi connectivity index (χ1v) is 11.5. The quantitative estimate of drug-likeness (QED) is 0.252. The number of amides is 1. The maximum atomic E-state index is 13.4. The highest BCUT2D eigenvalue weighted by molar-refractivity contribution is 7.89. The van der Waals surface area contributed by atoms with Crippen LogP contribution in [0.4, 0.5) is 5.69 Å². The molecule has 0 saturated carbocycles. The van der Waals surface area contributed by atoms with E-state index in [1.165, 1.54) is 28.8 Å². The zero-order valence-electron chi connectivity index (χ0n) is 17.5. The van der Waals surface area contributed by atoms with Gasteiger partial charge in [-0.1, -0.05) is 6.07 Å². The predicted octanol–water partition coefficient (Wildman–Crippen LogP) is 1.27. The highest BCUT2D eigenvalue weighted by Crippen LogP contribution is 2.31. The van der Waals surface area contributed by atoms with E-state index in [9.17, 15) is 13.2 Å². The highest BCUT2D eigenvalue weighted by atomic mass is 35.5. The summed E-state index contributed by atoms with van der Waals surface area (Å²) < 4.78 is 28.9. The van der Waals surface area contributed by atoms with E-state index >= 15 is 0 Å². The molecule has 2 aromatic rings. The average molecular weight is 468 g/mol. The van der Waals surface area contributed by atoms with Crippen molar-refractivity contribution in [3.05, 3.63) is 30.6 Å². The molecule has 12 heteroatoms. The molecule has 1 fully saturated rings. The van der Waals surface area contributed by atoms with Gasteiger partial charge in [-0.15, -0.1) is 0 Å². The second-order valence-electron chi connectivity index (χ2n) is 7.63. The van der Waals surface area contributed by atoms with Crippen LogP contribution >= 0.6 is 11.8 Å². The van der Waals surface area contributed by atoms with Gasteiger partial charge in [-0.05, 0) is 46.0 Å². The zero-order chi connectivity index (χ0) is 22.9. The predicted molar refractivity (Wildman–Crippen MR) is 120 cm³/mol. The highest BCUT2D eigenvalue weighted by Gasteiger charge is 2.40. The zero-order valence-corrected chi connectivity index (χ0v) is 19.1. The summed E-state index contributed by atoms with van der Waals surface area (Å²) in [6.45, 7) is 2.10. The number of hydrogen-bond acceptors (Lipinski definition) is 6. The van der Waals surface area contributed by atoms with Gasteiger partial charge in [-0.2, -0.15) is 4.31 Å². The van der Waals surface area contributed by atoms with E-state index in [1.54, 1.807) is 6.07 Å². The molecule has 0 spiro atoms. The first-order chi connectivity index (χ1) is 14.5. The molecule has 1 unspecified atom stereocenters. The molecule has 2 atom stereocenters. The number of benzene rings is 1. The lowest BCUT2D eigenvalue weighted by atomic mass is 10.1. The molecule has 0 aliphatic carbocycles. The van der Waals surface area contributed by atoms with E-state index in [4.69, 9.17) is 22.9 Å². The van der Waals surface area contributed by atoms with Gasteiger partial charge in [-0.3, -0.25) is 20.1 Å². The van der Waals surface area contributed by atoms with Gasteiger partial charge < -0.3 is 11.1 Å². The minimum atomic E-state index is -3.91. The van der Waals surface area contributed by atoms with E-state index in [1.807, 2.05) is 25.9 Å². The van der Waals surface area contributed by atoms with Crippen LogP contribution in [0.1, 0.15) is 19.8 Å². The number of fused-ring (bicyclic) bond motifs is 1. The van der Waals surface area contributed by atoms with E-state index in [2.05, 4.69) is 10.3 Å². The lowest BCUT2D eigenvalue weighted by molar-refractivity contribution is -0.125. The maximum absolute atomic E-state index is 13.4. The van der Waals surface area contributed by atoms with Gasteiger partial charge in [0.2, 0.25) is 21.9 Å². The van der Waals surface area contributed by atoms with Crippen LogP contribution in [0.25, 0.3) is 10.8 Å². The standard InChI is InChI=1S/C19H26ClN7O3S/c1-12(25(2)3)24-18(28)16-5-4-8-26(16)31(29,30)14-6-7-15-13(9-14)10-23-11-17(15)27(20)19(21)22/h6-7,9-12,16H,4-5,8H2,1-3H3,(H3,21,22)(H,24,28)/t12?,16-/m1/s1. The molecule has 31 heavy (non-hydrogen) atoms. The summed E-state index contributed by atoms with van der Waals surface area (Å²) in [6, 6.07) is 3.78. The molecule has 10 nitrogen and oxygen atoms in total. The number of pyridine rings is 1. The van der Waals surface area contributed by atoms with Gasteiger partial charge in [0.05, 0.1) is 22.9 Å². The fourth-order valence-electron chi connectivity index (χ4n) is 3.44. The number of nitrogens with two attached hydrogens (primary N) is 1. The number of halogens is 1. The molecule has 0 bridgehead atoms. The van der Waals surface area contributed by atoms with Crippen LogP contribution in [0, 0.1) is 5.41 Å². The summed E-state index contributed by atoms with van der Waals surface area (Å²) in [5.41, 5.74) is 5.81. The normalized spacial score (nSPS) is 18.3. The third-order valence-electron chi connectivity index (χ3n) is 5.37. The van der Waals surface area contributed by atoms with Crippen LogP contribution < -0.4 is 15.5 Å². The summed E-state index contributed by atoms with van der Waals surface area (Å²) in [5.74, 6) is -0.697. The summed E-state index contributed by atoms with van der Waals surface area (Å²) in [5, 5.41) is 11.5. The fourth-order valence-corrected chi connectivity index (χ4v) is 5.27.